The van der Waals surface area contributed by atoms with Gasteiger partial charge in [0.2, 0.25) is 5.91 Å². The molecule has 1 aromatic rings. The summed E-state index contributed by atoms with van der Waals surface area (Å²) in [5, 5.41) is 8.06. The van der Waals surface area contributed by atoms with Gasteiger partial charge < -0.3 is 129 Å². The van der Waals surface area contributed by atoms with E-state index in [2.05, 4.69) is 179 Å². The number of nitrogens with two attached hydrogens (primary N) is 3. The predicted molar refractivity (Wildman–Crippen MR) is 416 cm³/mol. The molecule has 1 heterocycles. The van der Waals surface area contributed by atoms with Crippen LogP contribution in [0.5, 0.6) is 0 Å². The van der Waals surface area contributed by atoms with E-state index in [1.807, 2.05) is 107 Å². The van der Waals surface area contributed by atoms with Crippen LogP contribution in [0.1, 0.15) is 250 Å². The van der Waals surface area contributed by atoms with Crippen LogP contribution in [0, 0.1) is 35.5 Å². The Morgan fingerprint density at radius 3 is 0.620 bits per heavy atom. The molecule has 0 unspecified atom stereocenters. The van der Waals surface area contributed by atoms with E-state index in [0.717, 1.165) is 48.6 Å². The van der Waals surface area contributed by atoms with Crippen LogP contribution >= 0.6 is 0 Å². The number of hydrogen-bond acceptors (Lipinski definition) is 24. The van der Waals surface area contributed by atoms with E-state index < -0.39 is 0 Å². The lowest BCUT2D eigenvalue weighted by Crippen LogP contribution is -2.33. The Morgan fingerprint density at radius 2 is 0.522 bits per heavy atom. The minimum Gasteiger partial charge on any atom is -0.394 e. The molecular weight excluding hydrogens is 1180 g/mol. The van der Waals surface area contributed by atoms with Gasteiger partial charge in [-0.25, -0.2) is 0 Å². The molecular formula is C67H178N12O13. The second-order valence-electron chi connectivity index (χ2n) is 17.0. The van der Waals surface area contributed by atoms with Crippen molar-refractivity contribution < 1.29 is 62.6 Å². The summed E-state index contributed by atoms with van der Waals surface area (Å²) < 4.78 is 0. The zero-order valence-electron chi connectivity index (χ0n) is 67.1. The molecule has 1 aromatic carbocycles. The molecule has 1 amide bonds. The second-order valence-corrected chi connectivity index (χ2v) is 17.0. The highest BCUT2D eigenvalue weighted by Crippen LogP contribution is 2.08. The van der Waals surface area contributed by atoms with Gasteiger partial charge in [-0.3, -0.25) is 4.79 Å². The number of likely N-dealkylation sites (tertiary alicyclic amines) is 1. The summed E-state index contributed by atoms with van der Waals surface area (Å²) >= 11 is 0. The number of nitrogens with zero attached hydrogens (tertiary/aromatic N) is 1. The molecule has 31 N–H and O–H groups in total. The number of aliphatic hydroxyl groups excluding tert-OH is 1. The Labute approximate surface area is 574 Å². The van der Waals surface area contributed by atoms with Crippen molar-refractivity contribution in [3.8, 4) is 0 Å². The minimum absolute atomic E-state index is 0. The minimum atomic E-state index is -0.167. The Hall–Kier alpha value is -5.42. The highest BCUT2D eigenvalue weighted by atomic mass is 16.3. The summed E-state index contributed by atoms with van der Waals surface area (Å²) in [4.78, 5) is 101. The highest BCUT2D eigenvalue weighted by Gasteiger charge is 2.11. The lowest BCUT2D eigenvalue weighted by Gasteiger charge is -2.24. The molecule has 1 fully saturated rings. The molecule has 2 rings (SSSR count). The number of benzene rings is 1. The van der Waals surface area contributed by atoms with Crippen molar-refractivity contribution in [2.45, 2.75) is 257 Å². The molecule has 1 aliphatic heterocycles. The Bertz CT molecular complexity index is 854. The average Bonchev–Trinajstić information content (AvgIpc) is 3.57. The van der Waals surface area contributed by atoms with Crippen molar-refractivity contribution in [2.75, 3.05) is 34.2 Å². The Kier molecular flexibility index (Phi) is 753. The normalized spacial score (nSPS) is 7.20. The van der Waals surface area contributed by atoms with Crippen LogP contribution in [0.25, 0.3) is 0 Å². The SMILES string of the molecule is C=O.C=O.C=O.C=O.C=O.C=O.C=O.C=O.C=O.C=O.C=O.CC.CC.CC(=O)N1CCCCC1.CC(C)C.CC(C)O.CCC(C)C.CCC(C)C.CCC(C)C.CCC(C)C.CCC(C)C.CCCCc1ccccc1.CN.CN.CN.N.N.N.N.N.N.N.N. The van der Waals surface area contributed by atoms with Crippen molar-refractivity contribution in [3.05, 3.63) is 35.9 Å². The van der Waals surface area contributed by atoms with Gasteiger partial charge in [-0.2, -0.15) is 0 Å². The fraction of sp³-hybridized carbons (Fsp3) is 0.731. The molecule has 0 aliphatic carbocycles. The summed E-state index contributed by atoms with van der Waals surface area (Å²) in [7, 11) is 4.50. The van der Waals surface area contributed by atoms with Gasteiger partial charge in [0.25, 0.3) is 0 Å². The standard InChI is InChI=1S/C10H14.C7H13NO.5C5H12.C4H10.C3H8O.2C2H6.3CH5N.11CH2O.8H3N/c1-2-3-7-10-8-5-4-6-9-10;1-7(9)8-5-3-2-4-6-8;5*1-4-5(2)3;1-4(2)3;1-3(2)4;16*1-2;;;;;;;;/h4-6,8-9H,2-3,7H2,1H3;2-6H2,1H3;5*5H,4H2,1-3H3;4H,1-3H3;3-4H,1-2H3;2*1-2H3;3*2H2,1H3;11*1H2;8*1H3. The first-order valence-corrected chi connectivity index (χ1v) is 28.9. The van der Waals surface area contributed by atoms with Gasteiger partial charge in [-0.15, -0.1) is 0 Å². The van der Waals surface area contributed by atoms with Gasteiger partial charge in [-0.1, -0.05) is 228 Å². The van der Waals surface area contributed by atoms with E-state index in [0.29, 0.717) is 0 Å². The molecule has 0 radical (unpaired) electrons. The fourth-order valence-corrected chi connectivity index (χ4v) is 2.23. The highest BCUT2D eigenvalue weighted by molar-refractivity contribution is 5.73. The van der Waals surface area contributed by atoms with E-state index in [9.17, 15) is 4.79 Å². The van der Waals surface area contributed by atoms with Crippen molar-refractivity contribution in [3.63, 3.8) is 0 Å². The van der Waals surface area contributed by atoms with Crippen LogP contribution in [-0.4, -0.2) is 131 Å². The van der Waals surface area contributed by atoms with Gasteiger partial charge >= 0.3 is 0 Å². The Balaban J connectivity index is -0.0000000149. The maximum Gasteiger partial charge on any atom is 0.219 e. The number of carbonyl (C=O) groups is 12. The molecule has 0 saturated carbocycles. The first-order valence-electron chi connectivity index (χ1n) is 28.9. The van der Waals surface area contributed by atoms with E-state index in [1.165, 1.54) is 97.3 Å². The number of amides is 1. The first-order chi connectivity index (χ1) is 40.1. The third kappa shape index (κ3) is 723. The number of aliphatic hydroxyl groups is 1. The fourth-order valence-electron chi connectivity index (χ4n) is 2.23. The van der Waals surface area contributed by atoms with Crippen molar-refractivity contribution in [1.82, 2.24) is 54.1 Å². The summed E-state index contributed by atoms with van der Waals surface area (Å²) in [6, 6.07) is 10.6. The molecule has 1 aliphatic rings. The number of carbonyl (C=O) groups excluding carboxylic acids is 12. The molecule has 25 nitrogen and oxygen atoms in total. The second kappa shape index (κ2) is 338. The zero-order chi connectivity index (χ0) is 74.5. The van der Waals surface area contributed by atoms with E-state index in [4.69, 9.17) is 57.8 Å². The average molecular weight is 1360 g/mol. The molecule has 1 saturated heterocycles. The smallest absolute Gasteiger partial charge is 0.219 e. The third-order valence-electron chi connectivity index (χ3n) is 7.55. The maximum atomic E-state index is 10.7. The van der Waals surface area contributed by atoms with Crippen LogP contribution in [0.2, 0.25) is 0 Å². The van der Waals surface area contributed by atoms with Crippen LogP contribution in [0.3, 0.4) is 0 Å². The number of aryl methyl sites for hydroxylation is 1. The summed E-state index contributed by atoms with van der Waals surface area (Å²) in [5.41, 5.74) is 15.0. The lowest BCUT2D eigenvalue weighted by atomic mass is 10.1. The number of unbranched alkanes of at least 4 members (excludes halogenated alkanes) is 1. The molecule has 92 heavy (non-hydrogen) atoms. The first kappa shape index (κ1) is 205. The van der Waals surface area contributed by atoms with Crippen LogP contribution in [-0.2, 0) is 64.0 Å². The van der Waals surface area contributed by atoms with E-state index in [-0.39, 0.29) is 61.2 Å². The predicted octanol–water partition coefficient (Wildman–Crippen LogP) is 16.4. The Morgan fingerprint density at radius 1 is 0.380 bits per heavy atom. The van der Waals surface area contributed by atoms with E-state index in [1.54, 1.807) is 20.8 Å². The maximum absolute atomic E-state index is 10.7. The van der Waals surface area contributed by atoms with Gasteiger partial charge in [0, 0.05) is 26.1 Å². The topological polar surface area (TPSA) is 586 Å². The van der Waals surface area contributed by atoms with Gasteiger partial charge in [-0.05, 0) is 108 Å². The van der Waals surface area contributed by atoms with Crippen LogP contribution in [0.4, 0.5) is 0 Å². The van der Waals surface area contributed by atoms with Crippen LogP contribution in [0.15, 0.2) is 30.3 Å². The van der Waals surface area contributed by atoms with Crippen molar-refractivity contribution in [2.24, 2.45) is 52.7 Å². The third-order valence-corrected chi connectivity index (χ3v) is 7.55. The number of piperidine rings is 1. The van der Waals surface area contributed by atoms with Crippen molar-refractivity contribution >= 4 is 80.6 Å². The van der Waals surface area contributed by atoms with Crippen molar-refractivity contribution in [1.29, 1.82) is 0 Å². The zero-order valence-corrected chi connectivity index (χ0v) is 67.1. The molecule has 25 heteroatoms. The van der Waals surface area contributed by atoms with Gasteiger partial charge in [0.1, 0.15) is 74.7 Å². The molecule has 0 atom stereocenters. The van der Waals surface area contributed by atoms with Crippen LogP contribution < -0.4 is 66.4 Å². The molecule has 0 aromatic heterocycles. The quantitative estimate of drug-likeness (QED) is 0.115. The summed E-state index contributed by atoms with van der Waals surface area (Å²) in [6.07, 6.45) is 13.9. The summed E-state index contributed by atoms with van der Waals surface area (Å²) in [5.74, 6) is 5.49. The van der Waals surface area contributed by atoms with E-state index >= 15 is 0 Å². The molecule has 0 bridgehead atoms. The van der Waals surface area contributed by atoms with Gasteiger partial charge in [0.15, 0.2) is 0 Å². The molecule has 584 valence electrons. The summed E-state index contributed by atoms with van der Waals surface area (Å²) in [6.45, 7) is 79.0. The largest absolute Gasteiger partial charge is 0.394 e. The number of rotatable bonds is 8. The lowest BCUT2D eigenvalue weighted by molar-refractivity contribution is -0.129. The molecule has 0 spiro atoms. The van der Waals surface area contributed by atoms with Gasteiger partial charge in [0.05, 0.1) is 0 Å². The monoisotopic (exact) mass is 1360 g/mol. The number of hydrogen-bond donors (Lipinski definition) is 12.